The second-order valence-electron chi connectivity index (χ2n) is 5.34. The SMILES string of the molecule is COC(=O)c1ccc(O[C@H](C)C(=O)Nc2ccc(C(F)(F)F)cc2)cc1. The molecule has 0 heterocycles. The smallest absolute Gasteiger partial charge is 0.416 e. The van der Waals surface area contributed by atoms with Crippen molar-refractivity contribution in [3.8, 4) is 5.75 Å². The van der Waals surface area contributed by atoms with Crippen LogP contribution in [0, 0.1) is 0 Å². The number of nitrogens with one attached hydrogen (secondary N) is 1. The van der Waals surface area contributed by atoms with Crippen molar-refractivity contribution in [1.82, 2.24) is 0 Å². The predicted molar refractivity (Wildman–Crippen MR) is 87.9 cm³/mol. The van der Waals surface area contributed by atoms with Gasteiger partial charge >= 0.3 is 12.1 Å². The number of alkyl halides is 3. The number of rotatable bonds is 5. The fourth-order valence-electron chi connectivity index (χ4n) is 2.03. The van der Waals surface area contributed by atoms with Gasteiger partial charge in [0.05, 0.1) is 18.2 Å². The minimum Gasteiger partial charge on any atom is -0.481 e. The summed E-state index contributed by atoms with van der Waals surface area (Å²) in [5, 5.41) is 2.47. The Balaban J connectivity index is 1.96. The zero-order valence-electron chi connectivity index (χ0n) is 14.0. The van der Waals surface area contributed by atoms with E-state index in [-0.39, 0.29) is 5.69 Å². The molecule has 8 heteroatoms. The number of carbonyl (C=O) groups is 2. The van der Waals surface area contributed by atoms with E-state index in [1.165, 1.54) is 50.4 Å². The Morgan fingerprint density at radius 1 is 1.00 bits per heavy atom. The van der Waals surface area contributed by atoms with Crippen LogP contribution >= 0.6 is 0 Å². The largest absolute Gasteiger partial charge is 0.481 e. The highest BCUT2D eigenvalue weighted by Crippen LogP contribution is 2.29. The molecule has 0 radical (unpaired) electrons. The maximum absolute atomic E-state index is 12.5. The quantitative estimate of drug-likeness (QED) is 0.814. The summed E-state index contributed by atoms with van der Waals surface area (Å²) in [5.74, 6) is -0.667. The van der Waals surface area contributed by atoms with E-state index < -0.39 is 29.7 Å². The number of ether oxygens (including phenoxy) is 2. The highest BCUT2D eigenvalue weighted by molar-refractivity contribution is 5.94. The summed E-state index contributed by atoms with van der Waals surface area (Å²) in [6, 6.07) is 10.1. The number of methoxy groups -OCH3 is 1. The molecule has 2 rings (SSSR count). The molecule has 5 nitrogen and oxygen atoms in total. The van der Waals surface area contributed by atoms with Gasteiger partial charge in [0.25, 0.3) is 5.91 Å². The Morgan fingerprint density at radius 3 is 2.08 bits per heavy atom. The van der Waals surface area contributed by atoms with Crippen LogP contribution in [0.4, 0.5) is 18.9 Å². The minimum absolute atomic E-state index is 0.222. The highest BCUT2D eigenvalue weighted by Gasteiger charge is 2.30. The molecule has 0 saturated carbocycles. The van der Waals surface area contributed by atoms with Crippen LogP contribution in [0.3, 0.4) is 0 Å². The number of hydrogen-bond acceptors (Lipinski definition) is 4. The maximum atomic E-state index is 12.5. The fraction of sp³-hybridized carbons (Fsp3) is 0.222. The van der Waals surface area contributed by atoms with E-state index in [9.17, 15) is 22.8 Å². The van der Waals surface area contributed by atoms with Crippen LogP contribution in [0.1, 0.15) is 22.8 Å². The molecule has 0 unspecified atom stereocenters. The Kier molecular flexibility index (Phi) is 5.86. The summed E-state index contributed by atoms with van der Waals surface area (Å²) in [4.78, 5) is 23.4. The molecule has 0 bridgehead atoms. The van der Waals surface area contributed by atoms with Gasteiger partial charge in [-0.25, -0.2) is 4.79 Å². The lowest BCUT2D eigenvalue weighted by Gasteiger charge is -2.15. The van der Waals surface area contributed by atoms with Gasteiger partial charge in [-0.1, -0.05) is 0 Å². The fourth-order valence-corrected chi connectivity index (χ4v) is 2.03. The molecule has 0 aliphatic heterocycles. The third kappa shape index (κ3) is 4.98. The second-order valence-corrected chi connectivity index (χ2v) is 5.34. The zero-order chi connectivity index (χ0) is 19.3. The summed E-state index contributed by atoms with van der Waals surface area (Å²) in [6.45, 7) is 1.49. The van der Waals surface area contributed by atoms with Crippen LogP contribution in [0.5, 0.6) is 5.75 Å². The van der Waals surface area contributed by atoms with E-state index in [4.69, 9.17) is 4.74 Å². The van der Waals surface area contributed by atoms with Gasteiger partial charge in [0.15, 0.2) is 6.10 Å². The van der Waals surface area contributed by atoms with Crippen molar-refractivity contribution in [2.45, 2.75) is 19.2 Å². The van der Waals surface area contributed by atoms with E-state index in [0.717, 1.165) is 12.1 Å². The summed E-state index contributed by atoms with van der Waals surface area (Å²) in [6.07, 6.45) is -5.34. The zero-order valence-corrected chi connectivity index (χ0v) is 14.0. The first-order valence-corrected chi connectivity index (χ1v) is 7.54. The monoisotopic (exact) mass is 367 g/mol. The lowest BCUT2D eigenvalue weighted by Crippen LogP contribution is -2.30. The van der Waals surface area contributed by atoms with E-state index in [2.05, 4.69) is 10.1 Å². The molecule has 0 aliphatic carbocycles. The first kappa shape index (κ1) is 19.3. The van der Waals surface area contributed by atoms with Gasteiger partial charge in [0, 0.05) is 5.69 Å². The highest BCUT2D eigenvalue weighted by atomic mass is 19.4. The predicted octanol–water partition coefficient (Wildman–Crippen LogP) is 3.90. The minimum atomic E-state index is -4.44. The lowest BCUT2D eigenvalue weighted by atomic mass is 10.2. The average Bonchev–Trinajstić information content (AvgIpc) is 2.61. The van der Waals surface area contributed by atoms with Crippen LogP contribution < -0.4 is 10.1 Å². The Morgan fingerprint density at radius 2 is 1.58 bits per heavy atom. The molecule has 0 spiro atoms. The van der Waals surface area contributed by atoms with Gasteiger partial charge in [-0.05, 0) is 55.5 Å². The van der Waals surface area contributed by atoms with Crippen molar-refractivity contribution >= 4 is 17.6 Å². The van der Waals surface area contributed by atoms with Gasteiger partial charge in [0.2, 0.25) is 0 Å². The number of benzene rings is 2. The number of anilines is 1. The summed E-state index contributed by atoms with van der Waals surface area (Å²) >= 11 is 0. The molecule has 2 aromatic carbocycles. The molecule has 0 aliphatic rings. The first-order valence-electron chi connectivity index (χ1n) is 7.54. The Hall–Kier alpha value is -3.03. The van der Waals surface area contributed by atoms with Crippen molar-refractivity contribution in [1.29, 1.82) is 0 Å². The number of esters is 1. The van der Waals surface area contributed by atoms with E-state index in [1.807, 2.05) is 0 Å². The van der Waals surface area contributed by atoms with E-state index in [1.54, 1.807) is 0 Å². The van der Waals surface area contributed by atoms with Crippen molar-refractivity contribution < 1.29 is 32.2 Å². The van der Waals surface area contributed by atoms with Crippen molar-refractivity contribution in [2.75, 3.05) is 12.4 Å². The summed E-state index contributed by atoms with van der Waals surface area (Å²) in [7, 11) is 1.26. The van der Waals surface area contributed by atoms with Gasteiger partial charge in [-0.3, -0.25) is 4.79 Å². The number of carbonyl (C=O) groups excluding carboxylic acids is 2. The third-order valence-electron chi connectivity index (χ3n) is 3.44. The van der Waals surface area contributed by atoms with Gasteiger partial charge < -0.3 is 14.8 Å². The lowest BCUT2D eigenvalue weighted by molar-refractivity contribution is -0.137. The topological polar surface area (TPSA) is 64.6 Å². The molecular formula is C18H16F3NO4. The van der Waals surface area contributed by atoms with Crippen LogP contribution in [0.15, 0.2) is 48.5 Å². The van der Waals surface area contributed by atoms with Gasteiger partial charge in [0.1, 0.15) is 5.75 Å². The van der Waals surface area contributed by atoms with Crippen molar-refractivity contribution in [3.05, 3.63) is 59.7 Å². The average molecular weight is 367 g/mol. The third-order valence-corrected chi connectivity index (χ3v) is 3.44. The Bertz CT molecular complexity index is 771. The van der Waals surface area contributed by atoms with Crippen LogP contribution in [-0.2, 0) is 15.7 Å². The van der Waals surface area contributed by atoms with Crippen molar-refractivity contribution in [2.24, 2.45) is 0 Å². The second kappa shape index (κ2) is 7.90. The molecule has 1 N–H and O–H groups in total. The standard InChI is InChI=1S/C18H16F3NO4/c1-11(26-15-9-3-12(4-10-15)17(24)25-2)16(23)22-14-7-5-13(6-8-14)18(19,20)21/h3-11H,1-2H3,(H,22,23)/t11-/m1/s1. The van der Waals surface area contributed by atoms with Crippen LogP contribution in [-0.4, -0.2) is 25.1 Å². The van der Waals surface area contributed by atoms with Crippen molar-refractivity contribution in [3.63, 3.8) is 0 Å². The maximum Gasteiger partial charge on any atom is 0.416 e. The summed E-state index contributed by atoms with van der Waals surface area (Å²) < 4.78 is 47.6. The molecule has 26 heavy (non-hydrogen) atoms. The number of amides is 1. The van der Waals surface area contributed by atoms with Gasteiger partial charge in [-0.15, -0.1) is 0 Å². The van der Waals surface area contributed by atoms with E-state index >= 15 is 0 Å². The molecular weight excluding hydrogens is 351 g/mol. The molecule has 0 saturated heterocycles. The molecule has 0 aromatic heterocycles. The number of halogens is 3. The van der Waals surface area contributed by atoms with E-state index in [0.29, 0.717) is 11.3 Å². The normalized spacial score (nSPS) is 12.2. The molecule has 0 fully saturated rings. The molecule has 1 amide bonds. The number of hydrogen-bond donors (Lipinski definition) is 1. The Labute approximate surface area is 147 Å². The van der Waals surface area contributed by atoms with Crippen LogP contribution in [0.2, 0.25) is 0 Å². The summed E-state index contributed by atoms with van der Waals surface area (Å²) in [5.41, 5.74) is -0.244. The molecule has 138 valence electrons. The first-order chi connectivity index (χ1) is 12.2. The molecule has 1 atom stereocenters. The molecule has 2 aromatic rings. The van der Waals surface area contributed by atoms with Gasteiger partial charge in [-0.2, -0.15) is 13.2 Å². The van der Waals surface area contributed by atoms with Crippen LogP contribution in [0.25, 0.3) is 0 Å².